The largest absolute Gasteiger partial charge is 0.497 e. The summed E-state index contributed by atoms with van der Waals surface area (Å²) in [5, 5.41) is 0. The summed E-state index contributed by atoms with van der Waals surface area (Å²) in [6, 6.07) is 21.3. The van der Waals surface area contributed by atoms with Crippen LogP contribution in [0.25, 0.3) is 11.1 Å². The lowest BCUT2D eigenvalue weighted by atomic mass is 10.0. The summed E-state index contributed by atoms with van der Waals surface area (Å²) in [5.74, 6) is -0.984. The molecule has 0 heterocycles. The minimum Gasteiger partial charge on any atom is -0.497 e. The van der Waals surface area contributed by atoms with Gasteiger partial charge in [0.25, 0.3) is 10.0 Å². The molecule has 12 heteroatoms. The van der Waals surface area contributed by atoms with Gasteiger partial charge in [-0.1, -0.05) is 30.3 Å². The zero-order valence-corrected chi connectivity index (χ0v) is 23.7. The maximum Gasteiger partial charge on any atom is 0.404 e. The van der Waals surface area contributed by atoms with E-state index >= 15 is 0 Å². The van der Waals surface area contributed by atoms with Crippen LogP contribution in [0.3, 0.4) is 0 Å². The number of methoxy groups -OCH3 is 2. The van der Waals surface area contributed by atoms with E-state index in [2.05, 4.69) is 4.72 Å². The average molecular weight is 598 g/mol. The highest BCUT2D eigenvalue weighted by molar-refractivity contribution is 7.92. The monoisotopic (exact) mass is 597 g/mol. The van der Waals surface area contributed by atoms with Crippen molar-refractivity contribution in [1.29, 1.82) is 0 Å². The molecule has 4 aromatic rings. The molecule has 9 nitrogen and oxygen atoms in total. The molecule has 0 saturated carbocycles. The molecule has 0 aliphatic carbocycles. The normalized spacial score (nSPS) is 11.0. The number of ether oxygens (including phenoxy) is 3. The second-order valence-electron chi connectivity index (χ2n) is 9.06. The number of nitrogens with two attached hydrogens (primary N) is 1. The molecule has 0 atom stereocenters. The first-order valence-electron chi connectivity index (χ1n) is 12.7. The summed E-state index contributed by atoms with van der Waals surface area (Å²) in [6.45, 7) is 0.652. The van der Waals surface area contributed by atoms with Gasteiger partial charge in [-0.3, -0.25) is 4.72 Å². The Kier molecular flexibility index (Phi) is 9.48. The molecule has 1 amide bonds. The number of hydrogen-bond acceptors (Lipinski definition) is 7. The van der Waals surface area contributed by atoms with Crippen molar-refractivity contribution in [3.63, 3.8) is 0 Å². The number of amides is 1. The second-order valence-corrected chi connectivity index (χ2v) is 10.7. The second kappa shape index (κ2) is 13.2. The minimum absolute atomic E-state index is 0.00195. The third-order valence-electron chi connectivity index (χ3n) is 6.31. The molecular weight excluding hydrogens is 568 g/mol. The van der Waals surface area contributed by atoms with E-state index in [0.29, 0.717) is 18.0 Å². The highest BCUT2D eigenvalue weighted by Crippen LogP contribution is 2.34. The van der Waals surface area contributed by atoms with E-state index in [1.54, 1.807) is 31.4 Å². The Bertz CT molecular complexity index is 1650. The fourth-order valence-electron chi connectivity index (χ4n) is 4.30. The summed E-state index contributed by atoms with van der Waals surface area (Å²) in [5.41, 5.74) is 6.54. The van der Waals surface area contributed by atoms with Gasteiger partial charge in [0.2, 0.25) is 0 Å². The molecular formula is C30H29F2N3O6S. The van der Waals surface area contributed by atoms with Crippen molar-refractivity contribution < 1.29 is 36.2 Å². The smallest absolute Gasteiger partial charge is 0.404 e. The number of hydrogen-bond donors (Lipinski definition) is 2. The van der Waals surface area contributed by atoms with E-state index < -0.39 is 27.8 Å². The Balaban J connectivity index is 1.65. The van der Waals surface area contributed by atoms with Gasteiger partial charge in [-0.25, -0.2) is 22.0 Å². The number of nitrogens with one attached hydrogen (secondary N) is 1. The number of carbonyl (C=O) groups excluding carboxylic acids is 1. The molecule has 0 fully saturated rings. The molecule has 0 aliphatic rings. The van der Waals surface area contributed by atoms with Crippen LogP contribution in [0.5, 0.6) is 11.5 Å². The Morgan fingerprint density at radius 3 is 2.24 bits per heavy atom. The van der Waals surface area contributed by atoms with E-state index in [1.807, 2.05) is 29.2 Å². The first-order chi connectivity index (χ1) is 20.1. The topological polar surface area (TPSA) is 120 Å². The third kappa shape index (κ3) is 7.26. The van der Waals surface area contributed by atoms with Crippen LogP contribution in [0.1, 0.15) is 5.56 Å². The van der Waals surface area contributed by atoms with Gasteiger partial charge in [-0.2, -0.15) is 0 Å². The van der Waals surface area contributed by atoms with Crippen LogP contribution >= 0.6 is 0 Å². The highest BCUT2D eigenvalue weighted by atomic mass is 32.2. The molecule has 0 aromatic heterocycles. The number of rotatable bonds is 12. The maximum atomic E-state index is 14.5. The van der Waals surface area contributed by atoms with E-state index in [0.717, 1.165) is 23.8 Å². The Labute approximate surface area is 242 Å². The van der Waals surface area contributed by atoms with Gasteiger partial charge in [0.15, 0.2) is 0 Å². The van der Waals surface area contributed by atoms with Crippen LogP contribution in [0, 0.1) is 11.6 Å². The van der Waals surface area contributed by atoms with E-state index in [1.165, 1.54) is 25.3 Å². The van der Waals surface area contributed by atoms with Crippen molar-refractivity contribution in [1.82, 2.24) is 0 Å². The van der Waals surface area contributed by atoms with Crippen LogP contribution in [0.15, 0.2) is 89.8 Å². The average Bonchev–Trinajstić information content (AvgIpc) is 2.96. The lowest BCUT2D eigenvalue weighted by molar-refractivity contribution is 0.159. The van der Waals surface area contributed by atoms with Gasteiger partial charge in [-0.15, -0.1) is 0 Å². The SMILES string of the molecule is COc1ccc(CN(CCOC(N)=O)c2cccc(NS(=O)(=O)c3cc(-c4c(F)cccc4F)ccc3OC)c2)cc1. The number of sulfonamides is 1. The fraction of sp³-hybridized carbons (Fsp3) is 0.167. The Hall–Kier alpha value is -4.84. The molecule has 0 radical (unpaired) electrons. The molecule has 42 heavy (non-hydrogen) atoms. The number of anilines is 2. The summed E-state index contributed by atoms with van der Waals surface area (Å²) >= 11 is 0. The van der Waals surface area contributed by atoms with Gasteiger partial charge in [0.1, 0.15) is 34.6 Å². The molecule has 0 saturated heterocycles. The Morgan fingerprint density at radius 2 is 1.60 bits per heavy atom. The summed E-state index contributed by atoms with van der Waals surface area (Å²) in [6.07, 6.45) is -0.910. The quantitative estimate of drug-likeness (QED) is 0.220. The molecule has 0 aliphatic heterocycles. The Morgan fingerprint density at radius 1 is 0.905 bits per heavy atom. The zero-order chi connectivity index (χ0) is 30.3. The minimum atomic E-state index is -4.29. The number of carbonyl (C=O) groups is 1. The van der Waals surface area contributed by atoms with Crippen LogP contribution in [-0.4, -0.2) is 41.9 Å². The molecule has 4 aromatic carbocycles. The van der Waals surface area contributed by atoms with Crippen molar-refractivity contribution in [2.75, 3.05) is 37.0 Å². The predicted octanol–water partition coefficient (Wildman–Crippen LogP) is 5.55. The van der Waals surface area contributed by atoms with E-state index in [-0.39, 0.29) is 40.6 Å². The van der Waals surface area contributed by atoms with Gasteiger partial charge in [0.05, 0.1) is 32.0 Å². The van der Waals surface area contributed by atoms with Crippen molar-refractivity contribution >= 4 is 27.5 Å². The van der Waals surface area contributed by atoms with Crippen LogP contribution in [-0.2, 0) is 21.3 Å². The van der Waals surface area contributed by atoms with E-state index in [9.17, 15) is 22.0 Å². The summed E-state index contributed by atoms with van der Waals surface area (Å²) < 4.78 is 73.9. The van der Waals surface area contributed by atoms with Crippen LogP contribution in [0.4, 0.5) is 25.0 Å². The fourth-order valence-corrected chi connectivity index (χ4v) is 5.54. The highest BCUT2D eigenvalue weighted by Gasteiger charge is 2.23. The molecule has 4 rings (SSSR count). The lowest BCUT2D eigenvalue weighted by Crippen LogP contribution is -2.29. The van der Waals surface area contributed by atoms with Crippen LogP contribution < -0.4 is 24.8 Å². The van der Waals surface area contributed by atoms with Gasteiger partial charge < -0.3 is 24.8 Å². The zero-order valence-electron chi connectivity index (χ0n) is 22.8. The molecule has 3 N–H and O–H groups in total. The molecule has 220 valence electrons. The van der Waals surface area contributed by atoms with Crippen LogP contribution in [0.2, 0.25) is 0 Å². The van der Waals surface area contributed by atoms with E-state index in [4.69, 9.17) is 19.9 Å². The van der Waals surface area contributed by atoms with Gasteiger partial charge >= 0.3 is 6.09 Å². The maximum absolute atomic E-state index is 14.5. The first kappa shape index (κ1) is 30.1. The van der Waals surface area contributed by atoms with Crippen molar-refractivity contribution in [2.24, 2.45) is 5.73 Å². The molecule has 0 bridgehead atoms. The molecule has 0 unspecified atom stereocenters. The van der Waals surface area contributed by atoms with Gasteiger partial charge in [-0.05, 0) is 65.7 Å². The van der Waals surface area contributed by atoms with Crippen molar-refractivity contribution in [3.05, 3.63) is 102 Å². The standard InChI is InChI=1S/C30H29F2N3O6S/c1-39-24-12-9-20(10-13-24)19-35(15-16-41-30(33)36)23-6-3-5-22(18-23)34-42(37,38)28-17-21(11-14-27(28)40-2)29-25(31)7-4-8-26(29)32/h3-14,17-18,34H,15-16,19H2,1-2H3,(H2,33,36). The number of nitrogens with zero attached hydrogens (tertiary/aromatic N) is 1. The predicted molar refractivity (Wildman–Crippen MR) is 155 cm³/mol. The number of benzene rings is 4. The van der Waals surface area contributed by atoms with Gasteiger partial charge in [0, 0.05) is 12.2 Å². The number of halogens is 2. The summed E-state index contributed by atoms with van der Waals surface area (Å²) in [4.78, 5) is 12.7. The number of primary amides is 1. The first-order valence-corrected chi connectivity index (χ1v) is 14.1. The van der Waals surface area contributed by atoms with Crippen molar-refractivity contribution in [2.45, 2.75) is 11.4 Å². The summed E-state index contributed by atoms with van der Waals surface area (Å²) in [7, 11) is -1.42. The lowest BCUT2D eigenvalue weighted by Gasteiger charge is -2.25. The van der Waals surface area contributed by atoms with Crippen molar-refractivity contribution in [3.8, 4) is 22.6 Å². The molecule has 0 spiro atoms. The third-order valence-corrected chi connectivity index (χ3v) is 7.71.